The Bertz CT molecular complexity index is 566. The van der Waals surface area contributed by atoms with E-state index in [1.807, 2.05) is 38.1 Å². The van der Waals surface area contributed by atoms with Gasteiger partial charge in [-0.05, 0) is 25.5 Å². The molecule has 19 heavy (non-hydrogen) atoms. The van der Waals surface area contributed by atoms with Crippen LogP contribution in [0, 0.1) is 0 Å². The molecule has 100 valence electrons. The summed E-state index contributed by atoms with van der Waals surface area (Å²) in [4.78, 5) is 16.9. The number of carbonyl (C=O) groups is 1. The standard InChI is InChI=1S/C14H16N2O2S/c1-3-13-15-9-12(19-13)14(17)16-10-7-5-6-8-11(10)18-4-2/h5-9H,3-4H2,1-2H3,(H,16,17). The molecule has 1 aromatic carbocycles. The van der Waals surface area contributed by atoms with Crippen molar-refractivity contribution in [3.05, 3.63) is 40.3 Å². The van der Waals surface area contributed by atoms with Crippen molar-refractivity contribution in [1.82, 2.24) is 4.98 Å². The highest BCUT2D eigenvalue weighted by Gasteiger charge is 2.12. The van der Waals surface area contributed by atoms with Crippen molar-refractivity contribution in [2.45, 2.75) is 20.3 Å². The zero-order valence-electron chi connectivity index (χ0n) is 11.0. The molecule has 0 saturated carbocycles. The number of ether oxygens (including phenoxy) is 1. The smallest absolute Gasteiger partial charge is 0.267 e. The van der Waals surface area contributed by atoms with Gasteiger partial charge in [0.05, 0.1) is 23.5 Å². The number of hydrogen-bond acceptors (Lipinski definition) is 4. The van der Waals surface area contributed by atoms with E-state index in [1.54, 1.807) is 6.20 Å². The monoisotopic (exact) mass is 276 g/mol. The molecule has 0 fully saturated rings. The molecule has 0 atom stereocenters. The van der Waals surface area contributed by atoms with Crippen molar-refractivity contribution in [3.63, 3.8) is 0 Å². The molecule has 0 unspecified atom stereocenters. The minimum atomic E-state index is -0.149. The van der Waals surface area contributed by atoms with Gasteiger partial charge in [0.1, 0.15) is 10.6 Å². The zero-order chi connectivity index (χ0) is 13.7. The average molecular weight is 276 g/mol. The summed E-state index contributed by atoms with van der Waals surface area (Å²) < 4.78 is 5.47. The zero-order valence-corrected chi connectivity index (χ0v) is 11.8. The number of para-hydroxylation sites is 2. The highest BCUT2D eigenvalue weighted by Crippen LogP contribution is 2.25. The van der Waals surface area contributed by atoms with Crippen LogP contribution in [0.3, 0.4) is 0 Å². The number of hydrogen-bond donors (Lipinski definition) is 1. The second-order valence-corrected chi connectivity index (χ2v) is 4.97. The third kappa shape index (κ3) is 3.32. The van der Waals surface area contributed by atoms with Gasteiger partial charge >= 0.3 is 0 Å². The summed E-state index contributed by atoms with van der Waals surface area (Å²) in [5.74, 6) is 0.530. The number of benzene rings is 1. The predicted octanol–water partition coefficient (Wildman–Crippen LogP) is 3.36. The van der Waals surface area contributed by atoms with Crippen molar-refractivity contribution >= 4 is 22.9 Å². The van der Waals surface area contributed by atoms with Crippen LogP contribution in [-0.2, 0) is 6.42 Å². The Kier molecular flexibility index (Phi) is 4.52. The highest BCUT2D eigenvalue weighted by molar-refractivity contribution is 7.13. The fourth-order valence-corrected chi connectivity index (χ4v) is 2.37. The molecule has 5 heteroatoms. The summed E-state index contributed by atoms with van der Waals surface area (Å²) in [6, 6.07) is 7.40. The lowest BCUT2D eigenvalue weighted by Crippen LogP contribution is -2.11. The molecule has 0 bridgehead atoms. The van der Waals surface area contributed by atoms with E-state index in [1.165, 1.54) is 11.3 Å². The van der Waals surface area contributed by atoms with E-state index in [2.05, 4.69) is 10.3 Å². The SMILES string of the molecule is CCOc1ccccc1NC(=O)c1cnc(CC)s1. The third-order valence-corrected chi connectivity index (χ3v) is 3.66. The molecular weight excluding hydrogens is 260 g/mol. The molecule has 0 radical (unpaired) electrons. The second-order valence-electron chi connectivity index (χ2n) is 3.86. The van der Waals surface area contributed by atoms with Gasteiger partial charge in [0.15, 0.2) is 0 Å². The van der Waals surface area contributed by atoms with E-state index in [-0.39, 0.29) is 5.91 Å². The van der Waals surface area contributed by atoms with Gasteiger partial charge in [-0.2, -0.15) is 0 Å². The van der Waals surface area contributed by atoms with Crippen molar-refractivity contribution in [2.24, 2.45) is 0 Å². The van der Waals surface area contributed by atoms with E-state index in [0.29, 0.717) is 22.9 Å². The van der Waals surface area contributed by atoms with Gasteiger partial charge in [-0.3, -0.25) is 4.79 Å². The molecule has 0 aliphatic rings. The summed E-state index contributed by atoms with van der Waals surface area (Å²) in [6.07, 6.45) is 2.45. The summed E-state index contributed by atoms with van der Waals surface area (Å²) in [7, 11) is 0. The third-order valence-electron chi connectivity index (χ3n) is 2.51. The van der Waals surface area contributed by atoms with Crippen LogP contribution in [0.1, 0.15) is 28.5 Å². The van der Waals surface area contributed by atoms with Crippen molar-refractivity contribution < 1.29 is 9.53 Å². The van der Waals surface area contributed by atoms with Gasteiger partial charge in [-0.25, -0.2) is 4.98 Å². The maximum atomic E-state index is 12.1. The van der Waals surface area contributed by atoms with E-state index in [9.17, 15) is 4.79 Å². The lowest BCUT2D eigenvalue weighted by atomic mass is 10.3. The molecule has 0 aliphatic carbocycles. The van der Waals surface area contributed by atoms with Crippen molar-refractivity contribution in [2.75, 3.05) is 11.9 Å². The van der Waals surface area contributed by atoms with Crippen molar-refractivity contribution in [3.8, 4) is 5.75 Å². The molecule has 0 aliphatic heterocycles. The molecule has 1 N–H and O–H groups in total. The first-order valence-electron chi connectivity index (χ1n) is 6.22. The van der Waals surface area contributed by atoms with Crippen molar-refractivity contribution in [1.29, 1.82) is 0 Å². The quantitative estimate of drug-likeness (QED) is 0.911. The molecule has 0 spiro atoms. The number of aryl methyl sites for hydroxylation is 1. The normalized spacial score (nSPS) is 10.2. The van der Waals surface area contributed by atoms with Crippen LogP contribution in [0.4, 0.5) is 5.69 Å². The highest BCUT2D eigenvalue weighted by atomic mass is 32.1. The molecule has 1 aromatic heterocycles. The van der Waals surface area contributed by atoms with E-state index in [0.717, 1.165) is 11.4 Å². The molecule has 2 aromatic rings. The number of carbonyl (C=O) groups excluding carboxylic acids is 1. The number of anilines is 1. The maximum absolute atomic E-state index is 12.1. The van der Waals surface area contributed by atoms with Crippen LogP contribution in [0.15, 0.2) is 30.5 Å². The Morgan fingerprint density at radius 1 is 1.37 bits per heavy atom. The lowest BCUT2D eigenvalue weighted by Gasteiger charge is -2.10. The number of amides is 1. The Labute approximate surface area is 116 Å². The summed E-state index contributed by atoms with van der Waals surface area (Å²) in [6.45, 7) is 4.49. The largest absolute Gasteiger partial charge is 0.492 e. The molecule has 0 saturated heterocycles. The Hall–Kier alpha value is -1.88. The first-order chi connectivity index (χ1) is 9.24. The number of aromatic nitrogens is 1. The summed E-state index contributed by atoms with van der Waals surface area (Å²) in [5.41, 5.74) is 0.681. The Morgan fingerprint density at radius 3 is 2.84 bits per heavy atom. The molecule has 4 nitrogen and oxygen atoms in total. The van der Waals surface area contributed by atoms with Gasteiger partial charge in [-0.15, -0.1) is 11.3 Å². The number of rotatable bonds is 5. The first kappa shape index (κ1) is 13.5. The maximum Gasteiger partial charge on any atom is 0.267 e. The summed E-state index contributed by atoms with van der Waals surface area (Å²) >= 11 is 1.42. The Morgan fingerprint density at radius 2 is 2.16 bits per heavy atom. The number of nitrogens with one attached hydrogen (secondary N) is 1. The fourth-order valence-electron chi connectivity index (χ4n) is 1.61. The molecule has 1 amide bonds. The predicted molar refractivity (Wildman–Crippen MR) is 77.1 cm³/mol. The minimum Gasteiger partial charge on any atom is -0.492 e. The van der Waals surface area contributed by atoms with Gasteiger partial charge in [0, 0.05) is 0 Å². The summed E-state index contributed by atoms with van der Waals surface area (Å²) in [5, 5.41) is 3.82. The van der Waals surface area contributed by atoms with Gasteiger partial charge in [0.25, 0.3) is 5.91 Å². The van der Waals surface area contributed by atoms with E-state index < -0.39 is 0 Å². The fraction of sp³-hybridized carbons (Fsp3) is 0.286. The molecular formula is C14H16N2O2S. The van der Waals surface area contributed by atoms with Crippen LogP contribution in [0.25, 0.3) is 0 Å². The number of nitrogens with zero attached hydrogens (tertiary/aromatic N) is 1. The van der Waals surface area contributed by atoms with Gasteiger partial charge in [0.2, 0.25) is 0 Å². The molecule has 2 rings (SSSR count). The first-order valence-corrected chi connectivity index (χ1v) is 7.04. The van der Waals surface area contributed by atoms with Crippen LogP contribution < -0.4 is 10.1 Å². The molecule has 1 heterocycles. The van der Waals surface area contributed by atoms with E-state index >= 15 is 0 Å². The van der Waals surface area contributed by atoms with Crippen LogP contribution >= 0.6 is 11.3 Å². The van der Waals surface area contributed by atoms with Crippen LogP contribution in [0.5, 0.6) is 5.75 Å². The topological polar surface area (TPSA) is 51.2 Å². The second kappa shape index (κ2) is 6.33. The van der Waals surface area contributed by atoms with Crippen LogP contribution in [0.2, 0.25) is 0 Å². The van der Waals surface area contributed by atoms with Gasteiger partial charge < -0.3 is 10.1 Å². The minimum absolute atomic E-state index is 0.149. The average Bonchev–Trinajstić information content (AvgIpc) is 2.90. The van der Waals surface area contributed by atoms with Crippen LogP contribution in [-0.4, -0.2) is 17.5 Å². The van der Waals surface area contributed by atoms with Gasteiger partial charge in [-0.1, -0.05) is 19.1 Å². The number of thiazole rings is 1. The Balaban J connectivity index is 2.14. The van der Waals surface area contributed by atoms with E-state index in [4.69, 9.17) is 4.74 Å². The lowest BCUT2D eigenvalue weighted by molar-refractivity contribution is 0.103.